The maximum absolute atomic E-state index is 6.17. The highest BCUT2D eigenvalue weighted by molar-refractivity contribution is 6.20. The molecule has 2 aromatic rings. The van der Waals surface area contributed by atoms with Gasteiger partial charge in [0.1, 0.15) is 0 Å². The number of halogens is 1. The van der Waals surface area contributed by atoms with Crippen LogP contribution in [0.15, 0.2) is 36.5 Å². The van der Waals surface area contributed by atoms with Gasteiger partial charge in [-0.1, -0.05) is 24.3 Å². The van der Waals surface area contributed by atoms with E-state index >= 15 is 0 Å². The molecule has 16 heavy (non-hydrogen) atoms. The molecule has 1 aliphatic rings. The summed E-state index contributed by atoms with van der Waals surface area (Å²) in [5.74, 6) is 0. The second kappa shape index (κ2) is 3.96. The maximum Gasteiger partial charge on any atom is 0.0653 e. The van der Waals surface area contributed by atoms with Crippen LogP contribution in [0.2, 0.25) is 0 Å². The van der Waals surface area contributed by atoms with Crippen LogP contribution in [-0.2, 0) is 0 Å². The van der Waals surface area contributed by atoms with Crippen molar-refractivity contribution in [2.45, 2.75) is 6.42 Å². The van der Waals surface area contributed by atoms with Gasteiger partial charge < -0.3 is 5.32 Å². The number of aromatic nitrogens is 1. The Hall–Kier alpha value is -1.25. The Morgan fingerprint density at radius 1 is 1.25 bits per heavy atom. The Morgan fingerprint density at radius 3 is 2.94 bits per heavy atom. The Morgan fingerprint density at radius 2 is 2.12 bits per heavy atom. The molecule has 1 aliphatic heterocycles. The molecule has 2 heterocycles. The van der Waals surface area contributed by atoms with Crippen LogP contribution >= 0.6 is 11.8 Å². The van der Waals surface area contributed by atoms with Gasteiger partial charge in [-0.25, -0.2) is 0 Å². The van der Waals surface area contributed by atoms with Gasteiger partial charge in [0.15, 0.2) is 0 Å². The van der Waals surface area contributed by atoms with E-state index in [2.05, 4.69) is 23.5 Å². The summed E-state index contributed by atoms with van der Waals surface area (Å²) in [6.07, 6.45) is 5.34. The molecular formula is C13H13ClN2. The third-order valence-electron chi connectivity index (χ3n) is 3.08. The zero-order valence-corrected chi connectivity index (χ0v) is 9.67. The third kappa shape index (κ3) is 1.55. The van der Waals surface area contributed by atoms with Crippen LogP contribution in [-0.4, -0.2) is 17.2 Å². The highest BCUT2D eigenvalue weighted by atomic mass is 35.5. The maximum atomic E-state index is 6.17. The van der Waals surface area contributed by atoms with Crippen LogP contribution < -0.4 is 5.32 Å². The van der Waals surface area contributed by atoms with Gasteiger partial charge in [0.25, 0.3) is 0 Å². The second-order valence-electron chi connectivity index (χ2n) is 4.05. The highest BCUT2D eigenvalue weighted by Gasteiger charge is 2.12. The number of hydrogen-bond acceptors (Lipinski definition) is 1. The lowest BCUT2D eigenvalue weighted by Gasteiger charge is -2.13. The highest BCUT2D eigenvalue weighted by Crippen LogP contribution is 2.30. The van der Waals surface area contributed by atoms with Gasteiger partial charge in [-0.05, 0) is 24.6 Å². The molecule has 0 radical (unpaired) electrons. The topological polar surface area (TPSA) is 17.0 Å². The van der Waals surface area contributed by atoms with E-state index in [1.165, 1.54) is 16.5 Å². The van der Waals surface area contributed by atoms with Crippen LogP contribution in [0.5, 0.6) is 0 Å². The summed E-state index contributed by atoms with van der Waals surface area (Å²) < 4.78 is 1.69. The smallest absolute Gasteiger partial charge is 0.0653 e. The van der Waals surface area contributed by atoms with Gasteiger partial charge >= 0.3 is 0 Å². The average molecular weight is 233 g/mol. The number of nitrogens with one attached hydrogen (secondary N) is 1. The van der Waals surface area contributed by atoms with Crippen molar-refractivity contribution in [3.63, 3.8) is 0 Å². The van der Waals surface area contributed by atoms with Crippen molar-refractivity contribution in [3.05, 3.63) is 42.1 Å². The number of fused-ring (bicyclic) bond motifs is 1. The van der Waals surface area contributed by atoms with Crippen molar-refractivity contribution in [3.8, 4) is 0 Å². The van der Waals surface area contributed by atoms with Gasteiger partial charge in [-0.15, -0.1) is 0 Å². The first-order chi connectivity index (χ1) is 7.86. The Kier molecular flexibility index (Phi) is 2.46. The molecule has 0 bridgehead atoms. The molecule has 0 amide bonds. The van der Waals surface area contributed by atoms with E-state index < -0.39 is 0 Å². The first-order valence-corrected chi connectivity index (χ1v) is 5.86. The Labute approximate surface area is 99.6 Å². The third-order valence-corrected chi connectivity index (χ3v) is 3.36. The SMILES string of the molecule is Cln1cc(C2=CCNCC2)c2ccccc21. The number of para-hydroxylation sites is 1. The molecule has 3 heteroatoms. The van der Waals surface area contributed by atoms with Crippen LogP contribution in [0.1, 0.15) is 12.0 Å². The molecule has 0 saturated carbocycles. The fourth-order valence-corrected chi connectivity index (χ4v) is 2.51. The fourth-order valence-electron chi connectivity index (χ4n) is 2.26. The van der Waals surface area contributed by atoms with E-state index in [-0.39, 0.29) is 0 Å². The molecule has 2 nitrogen and oxygen atoms in total. The summed E-state index contributed by atoms with van der Waals surface area (Å²) in [6.45, 7) is 2.00. The number of nitrogens with zero attached hydrogens (tertiary/aromatic N) is 1. The average Bonchev–Trinajstić information content (AvgIpc) is 2.69. The zero-order chi connectivity index (χ0) is 11.0. The zero-order valence-electron chi connectivity index (χ0n) is 8.91. The molecule has 1 aromatic carbocycles. The second-order valence-corrected chi connectivity index (χ2v) is 4.42. The van der Waals surface area contributed by atoms with Crippen LogP contribution in [0, 0.1) is 0 Å². The van der Waals surface area contributed by atoms with Crippen molar-refractivity contribution in [2.75, 3.05) is 13.1 Å². The molecule has 1 N–H and O–H groups in total. The van der Waals surface area contributed by atoms with Crippen LogP contribution in [0.25, 0.3) is 16.5 Å². The van der Waals surface area contributed by atoms with Crippen LogP contribution in [0.3, 0.4) is 0 Å². The molecular weight excluding hydrogens is 220 g/mol. The minimum absolute atomic E-state index is 0.955. The number of hydrogen-bond donors (Lipinski definition) is 1. The van der Waals surface area contributed by atoms with E-state index in [0.29, 0.717) is 0 Å². The first kappa shape index (κ1) is 9.94. The lowest BCUT2D eigenvalue weighted by molar-refractivity contribution is 0.739. The summed E-state index contributed by atoms with van der Waals surface area (Å²) >= 11 is 6.17. The fraction of sp³-hybridized carbons (Fsp3) is 0.231. The molecule has 3 rings (SSSR count). The van der Waals surface area contributed by atoms with Gasteiger partial charge in [-0.2, -0.15) is 0 Å². The van der Waals surface area contributed by atoms with E-state index in [1.54, 1.807) is 4.09 Å². The normalized spacial score (nSPS) is 16.4. The molecule has 0 aliphatic carbocycles. The molecule has 82 valence electrons. The van der Waals surface area contributed by atoms with Gasteiger partial charge in [0, 0.05) is 35.5 Å². The Bertz CT molecular complexity index is 554. The quantitative estimate of drug-likeness (QED) is 0.800. The molecule has 0 unspecified atom stereocenters. The van der Waals surface area contributed by atoms with E-state index in [4.69, 9.17) is 11.8 Å². The summed E-state index contributed by atoms with van der Waals surface area (Å²) in [7, 11) is 0. The largest absolute Gasteiger partial charge is 0.313 e. The monoisotopic (exact) mass is 232 g/mol. The standard InChI is InChI=1S/C13H13ClN2/c14-16-9-12(10-5-7-15-8-6-10)11-3-1-2-4-13(11)16/h1-5,9,15H,6-8H2. The van der Waals surface area contributed by atoms with E-state index in [0.717, 1.165) is 25.0 Å². The summed E-state index contributed by atoms with van der Waals surface area (Å²) in [6, 6.07) is 8.26. The minimum Gasteiger partial charge on any atom is -0.313 e. The lowest BCUT2D eigenvalue weighted by atomic mass is 10.00. The van der Waals surface area contributed by atoms with Gasteiger partial charge in [0.2, 0.25) is 0 Å². The number of rotatable bonds is 1. The van der Waals surface area contributed by atoms with Crippen molar-refractivity contribution in [1.82, 2.24) is 9.40 Å². The minimum atomic E-state index is 0.955. The lowest BCUT2D eigenvalue weighted by Crippen LogP contribution is -2.19. The molecule has 0 atom stereocenters. The Balaban J connectivity index is 2.20. The summed E-state index contributed by atoms with van der Waals surface area (Å²) in [4.78, 5) is 0. The summed E-state index contributed by atoms with van der Waals surface area (Å²) in [5.41, 5.74) is 3.75. The first-order valence-electron chi connectivity index (χ1n) is 5.52. The van der Waals surface area contributed by atoms with E-state index in [9.17, 15) is 0 Å². The van der Waals surface area contributed by atoms with Crippen molar-refractivity contribution in [2.24, 2.45) is 0 Å². The van der Waals surface area contributed by atoms with Gasteiger partial charge in [0.05, 0.1) is 5.52 Å². The molecule has 0 saturated heterocycles. The summed E-state index contributed by atoms with van der Waals surface area (Å²) in [5, 5.41) is 4.56. The van der Waals surface area contributed by atoms with Crippen molar-refractivity contribution >= 4 is 28.3 Å². The molecule has 1 aromatic heterocycles. The van der Waals surface area contributed by atoms with E-state index in [1.807, 2.05) is 18.3 Å². The van der Waals surface area contributed by atoms with Crippen molar-refractivity contribution in [1.29, 1.82) is 0 Å². The van der Waals surface area contributed by atoms with Gasteiger partial charge in [-0.3, -0.25) is 4.09 Å². The van der Waals surface area contributed by atoms with Crippen molar-refractivity contribution < 1.29 is 0 Å². The predicted molar refractivity (Wildman–Crippen MR) is 68.7 cm³/mol. The molecule has 0 spiro atoms. The molecule has 0 fully saturated rings. The predicted octanol–water partition coefficient (Wildman–Crippen LogP) is 3.02. The number of benzene rings is 1. The van der Waals surface area contributed by atoms with Crippen LogP contribution in [0.4, 0.5) is 0 Å².